The van der Waals surface area contributed by atoms with Crippen molar-refractivity contribution in [2.75, 3.05) is 0 Å². The van der Waals surface area contributed by atoms with Crippen molar-refractivity contribution in [1.29, 1.82) is 0 Å². The summed E-state index contributed by atoms with van der Waals surface area (Å²) in [5, 5.41) is 0.532. The van der Waals surface area contributed by atoms with Crippen LogP contribution in [0.4, 0.5) is 0 Å². The maximum atomic E-state index is 6.15. The maximum Gasteiger partial charge on any atom is 0.136 e. The van der Waals surface area contributed by atoms with Gasteiger partial charge in [0.05, 0.1) is 5.69 Å². The summed E-state index contributed by atoms with van der Waals surface area (Å²) in [7, 11) is 0. The summed E-state index contributed by atoms with van der Waals surface area (Å²) in [5.74, 6) is 0.290. The Bertz CT molecular complexity index is 541. The zero-order chi connectivity index (χ0) is 12.4. The van der Waals surface area contributed by atoms with E-state index in [1.54, 1.807) is 0 Å². The lowest BCUT2D eigenvalue weighted by molar-refractivity contribution is 0.850. The molecule has 0 atom stereocenters. The molecule has 0 aliphatic rings. The molecule has 17 heavy (non-hydrogen) atoms. The van der Waals surface area contributed by atoms with Crippen molar-refractivity contribution >= 4 is 27.5 Å². The summed E-state index contributed by atoms with van der Waals surface area (Å²) in [6.07, 6.45) is 1.50. The fourth-order valence-electron chi connectivity index (χ4n) is 1.75. The van der Waals surface area contributed by atoms with Gasteiger partial charge in [0.25, 0.3) is 0 Å². The van der Waals surface area contributed by atoms with Crippen molar-refractivity contribution in [2.45, 2.75) is 19.8 Å². The van der Waals surface area contributed by atoms with E-state index in [1.165, 1.54) is 6.33 Å². The van der Waals surface area contributed by atoms with Crippen LogP contribution in [0.3, 0.4) is 0 Å². The van der Waals surface area contributed by atoms with Gasteiger partial charge in [0, 0.05) is 15.6 Å². The zero-order valence-corrected chi connectivity index (χ0v) is 12.0. The molecular formula is C13H12BrClN2. The van der Waals surface area contributed by atoms with Crippen LogP contribution in [0.25, 0.3) is 11.3 Å². The zero-order valence-electron chi connectivity index (χ0n) is 9.61. The summed E-state index contributed by atoms with van der Waals surface area (Å²) in [5.41, 5.74) is 2.95. The van der Waals surface area contributed by atoms with E-state index < -0.39 is 0 Å². The molecule has 0 radical (unpaired) electrons. The van der Waals surface area contributed by atoms with Crippen molar-refractivity contribution in [3.63, 3.8) is 0 Å². The van der Waals surface area contributed by atoms with E-state index >= 15 is 0 Å². The molecule has 0 saturated carbocycles. The number of rotatable bonds is 2. The van der Waals surface area contributed by atoms with Gasteiger partial charge in [-0.25, -0.2) is 9.97 Å². The van der Waals surface area contributed by atoms with Gasteiger partial charge in [-0.15, -0.1) is 0 Å². The number of halogens is 2. The average molecular weight is 312 g/mol. The molecule has 0 N–H and O–H groups in total. The standard InChI is InChI=1S/C13H12BrClN2/c1-8(2)11-12(16-7-17-13(11)15)9-4-3-5-10(14)6-9/h3-8H,1-2H3. The van der Waals surface area contributed by atoms with Crippen LogP contribution >= 0.6 is 27.5 Å². The third-order valence-electron chi connectivity index (χ3n) is 2.51. The number of hydrogen-bond acceptors (Lipinski definition) is 2. The molecule has 0 fully saturated rings. The molecule has 0 unspecified atom stereocenters. The average Bonchev–Trinajstić information content (AvgIpc) is 2.28. The minimum absolute atomic E-state index is 0.290. The van der Waals surface area contributed by atoms with Gasteiger partial charge in [0.1, 0.15) is 11.5 Å². The lowest BCUT2D eigenvalue weighted by Gasteiger charge is -2.12. The van der Waals surface area contributed by atoms with E-state index in [-0.39, 0.29) is 5.92 Å². The van der Waals surface area contributed by atoms with Gasteiger partial charge in [-0.1, -0.05) is 53.5 Å². The highest BCUT2D eigenvalue weighted by Crippen LogP contribution is 2.32. The monoisotopic (exact) mass is 310 g/mol. The molecule has 2 nitrogen and oxygen atoms in total. The lowest BCUT2D eigenvalue weighted by Crippen LogP contribution is -1.98. The quantitative estimate of drug-likeness (QED) is 0.752. The molecular weight excluding hydrogens is 300 g/mol. The summed E-state index contributed by atoms with van der Waals surface area (Å²) in [6, 6.07) is 8.03. The Kier molecular flexibility index (Phi) is 3.79. The molecule has 0 amide bonds. The van der Waals surface area contributed by atoms with Crippen LogP contribution < -0.4 is 0 Å². The van der Waals surface area contributed by atoms with E-state index in [1.807, 2.05) is 24.3 Å². The second-order valence-corrected chi connectivity index (χ2v) is 5.37. The summed E-state index contributed by atoms with van der Waals surface area (Å²) >= 11 is 9.61. The number of benzene rings is 1. The molecule has 0 spiro atoms. The van der Waals surface area contributed by atoms with Crippen molar-refractivity contribution in [3.8, 4) is 11.3 Å². The van der Waals surface area contributed by atoms with Crippen LogP contribution in [0, 0.1) is 0 Å². The lowest BCUT2D eigenvalue weighted by atomic mass is 9.99. The minimum atomic E-state index is 0.290. The topological polar surface area (TPSA) is 25.8 Å². The van der Waals surface area contributed by atoms with Crippen molar-refractivity contribution in [1.82, 2.24) is 9.97 Å². The third-order valence-corrected chi connectivity index (χ3v) is 3.31. The van der Waals surface area contributed by atoms with Gasteiger partial charge < -0.3 is 0 Å². The van der Waals surface area contributed by atoms with E-state index in [0.717, 1.165) is 21.3 Å². The number of aromatic nitrogens is 2. The summed E-state index contributed by atoms with van der Waals surface area (Å²) < 4.78 is 1.03. The second-order valence-electron chi connectivity index (χ2n) is 4.09. The van der Waals surface area contributed by atoms with E-state index in [4.69, 9.17) is 11.6 Å². The summed E-state index contributed by atoms with van der Waals surface area (Å²) in [4.78, 5) is 8.41. The van der Waals surface area contributed by atoms with Gasteiger partial charge in [0.2, 0.25) is 0 Å². The molecule has 1 aromatic carbocycles. The molecule has 2 rings (SSSR count). The van der Waals surface area contributed by atoms with Crippen LogP contribution in [0.1, 0.15) is 25.3 Å². The first-order chi connectivity index (χ1) is 8.09. The molecule has 1 heterocycles. The third kappa shape index (κ3) is 2.67. The first kappa shape index (κ1) is 12.5. The Morgan fingerprint density at radius 1 is 1.24 bits per heavy atom. The van der Waals surface area contributed by atoms with Gasteiger partial charge in [0.15, 0.2) is 0 Å². The van der Waals surface area contributed by atoms with E-state index in [9.17, 15) is 0 Å². The van der Waals surface area contributed by atoms with Crippen LogP contribution in [0.2, 0.25) is 5.15 Å². The van der Waals surface area contributed by atoms with Gasteiger partial charge in [-0.3, -0.25) is 0 Å². The Morgan fingerprint density at radius 3 is 2.65 bits per heavy atom. The molecule has 2 aromatic rings. The SMILES string of the molecule is CC(C)c1c(Cl)ncnc1-c1cccc(Br)c1. The highest BCUT2D eigenvalue weighted by molar-refractivity contribution is 9.10. The molecule has 4 heteroatoms. The predicted molar refractivity (Wildman–Crippen MR) is 74.3 cm³/mol. The molecule has 0 aliphatic carbocycles. The first-order valence-corrected chi connectivity index (χ1v) is 6.53. The number of nitrogens with zero attached hydrogens (tertiary/aromatic N) is 2. The second kappa shape index (κ2) is 5.15. The Hall–Kier alpha value is -0.930. The van der Waals surface area contributed by atoms with Crippen LogP contribution in [-0.4, -0.2) is 9.97 Å². The summed E-state index contributed by atoms with van der Waals surface area (Å²) in [6.45, 7) is 4.18. The molecule has 0 saturated heterocycles. The maximum absolute atomic E-state index is 6.15. The van der Waals surface area contributed by atoms with E-state index in [2.05, 4.69) is 39.7 Å². The molecule has 1 aromatic heterocycles. The van der Waals surface area contributed by atoms with Gasteiger partial charge >= 0.3 is 0 Å². The largest absolute Gasteiger partial charge is 0.236 e. The number of hydrogen-bond donors (Lipinski definition) is 0. The molecule has 0 aliphatic heterocycles. The predicted octanol–water partition coefficient (Wildman–Crippen LogP) is 4.68. The fraction of sp³-hybridized carbons (Fsp3) is 0.231. The fourth-order valence-corrected chi connectivity index (χ4v) is 2.50. The van der Waals surface area contributed by atoms with Crippen molar-refractivity contribution < 1.29 is 0 Å². The Labute approximate surface area is 114 Å². The highest BCUT2D eigenvalue weighted by Gasteiger charge is 2.14. The molecule has 0 bridgehead atoms. The normalized spacial score (nSPS) is 10.9. The van der Waals surface area contributed by atoms with Gasteiger partial charge in [-0.2, -0.15) is 0 Å². The smallest absolute Gasteiger partial charge is 0.136 e. The minimum Gasteiger partial charge on any atom is -0.236 e. The van der Waals surface area contributed by atoms with Crippen LogP contribution in [-0.2, 0) is 0 Å². The van der Waals surface area contributed by atoms with Crippen LogP contribution in [0.5, 0.6) is 0 Å². The Balaban J connectivity index is 2.63. The highest BCUT2D eigenvalue weighted by atomic mass is 79.9. The molecule has 88 valence electrons. The Morgan fingerprint density at radius 2 is 2.00 bits per heavy atom. The van der Waals surface area contributed by atoms with Crippen LogP contribution in [0.15, 0.2) is 35.1 Å². The van der Waals surface area contributed by atoms with Crippen molar-refractivity contribution in [3.05, 3.63) is 45.8 Å². The van der Waals surface area contributed by atoms with Crippen molar-refractivity contribution in [2.24, 2.45) is 0 Å². The first-order valence-electron chi connectivity index (χ1n) is 5.36. The van der Waals surface area contributed by atoms with E-state index in [0.29, 0.717) is 5.15 Å². The van der Waals surface area contributed by atoms with Gasteiger partial charge in [-0.05, 0) is 18.1 Å².